The van der Waals surface area contributed by atoms with Crippen LogP contribution in [0.5, 0.6) is 5.75 Å². The standard InChI is InChI=1S/C14H18N4O2/c15-8-4-5-12(11(18)6-8)20-13(7-19)14-9(16)2-1-3-10(14)17/h1-6,13,19H,7,15-18H2. The Labute approximate surface area is 116 Å². The van der Waals surface area contributed by atoms with Crippen molar-refractivity contribution in [3.05, 3.63) is 42.0 Å². The van der Waals surface area contributed by atoms with Gasteiger partial charge in [0.25, 0.3) is 0 Å². The van der Waals surface area contributed by atoms with E-state index in [4.69, 9.17) is 27.7 Å². The number of aliphatic hydroxyl groups excluding tert-OH is 1. The first kappa shape index (κ1) is 13.8. The van der Waals surface area contributed by atoms with Gasteiger partial charge in [-0.2, -0.15) is 0 Å². The summed E-state index contributed by atoms with van der Waals surface area (Å²) in [5, 5.41) is 9.53. The van der Waals surface area contributed by atoms with Crippen molar-refractivity contribution in [2.24, 2.45) is 0 Å². The molecule has 1 atom stereocenters. The molecular formula is C14H18N4O2. The van der Waals surface area contributed by atoms with Crippen LogP contribution in [0.2, 0.25) is 0 Å². The number of nitrogens with two attached hydrogens (primary N) is 4. The number of rotatable bonds is 4. The van der Waals surface area contributed by atoms with Crippen LogP contribution in [0.25, 0.3) is 0 Å². The molecule has 0 aliphatic heterocycles. The van der Waals surface area contributed by atoms with Crippen molar-refractivity contribution < 1.29 is 9.84 Å². The average Bonchev–Trinajstić information content (AvgIpc) is 2.39. The summed E-state index contributed by atoms with van der Waals surface area (Å²) in [5.41, 5.74) is 25.6. The molecule has 0 saturated heterocycles. The van der Waals surface area contributed by atoms with Gasteiger partial charge in [-0.3, -0.25) is 0 Å². The minimum absolute atomic E-state index is 0.276. The number of ether oxygens (including phenoxy) is 1. The second kappa shape index (κ2) is 5.58. The summed E-state index contributed by atoms with van der Waals surface area (Å²) in [5.74, 6) is 0.418. The lowest BCUT2D eigenvalue weighted by Gasteiger charge is -2.21. The van der Waals surface area contributed by atoms with E-state index >= 15 is 0 Å². The third-order valence-corrected chi connectivity index (χ3v) is 2.96. The van der Waals surface area contributed by atoms with Gasteiger partial charge in [0.15, 0.2) is 6.10 Å². The van der Waals surface area contributed by atoms with Crippen molar-refractivity contribution in [3.63, 3.8) is 0 Å². The van der Waals surface area contributed by atoms with Crippen LogP contribution < -0.4 is 27.7 Å². The third kappa shape index (κ3) is 2.70. The lowest BCUT2D eigenvalue weighted by Crippen LogP contribution is -2.16. The molecular weight excluding hydrogens is 256 g/mol. The molecule has 6 heteroatoms. The molecule has 20 heavy (non-hydrogen) atoms. The summed E-state index contributed by atoms with van der Waals surface area (Å²) < 4.78 is 5.71. The fourth-order valence-electron chi connectivity index (χ4n) is 1.99. The molecule has 0 aliphatic rings. The number of benzene rings is 2. The van der Waals surface area contributed by atoms with Gasteiger partial charge < -0.3 is 32.8 Å². The van der Waals surface area contributed by atoms with Gasteiger partial charge >= 0.3 is 0 Å². The molecule has 0 aliphatic carbocycles. The van der Waals surface area contributed by atoms with Crippen molar-refractivity contribution in [1.29, 1.82) is 0 Å². The van der Waals surface area contributed by atoms with Crippen LogP contribution in [0.1, 0.15) is 11.7 Å². The zero-order valence-electron chi connectivity index (χ0n) is 10.9. The summed E-state index contributed by atoms with van der Waals surface area (Å²) in [6.45, 7) is -0.276. The van der Waals surface area contributed by atoms with Crippen molar-refractivity contribution in [1.82, 2.24) is 0 Å². The van der Waals surface area contributed by atoms with Crippen LogP contribution in [0.4, 0.5) is 22.7 Å². The Bertz CT molecular complexity index is 596. The van der Waals surface area contributed by atoms with Crippen molar-refractivity contribution in [3.8, 4) is 5.75 Å². The Morgan fingerprint density at radius 1 is 0.950 bits per heavy atom. The maximum Gasteiger partial charge on any atom is 0.151 e. The van der Waals surface area contributed by atoms with E-state index in [0.717, 1.165) is 0 Å². The Hall–Kier alpha value is -2.60. The summed E-state index contributed by atoms with van der Waals surface area (Å²) in [4.78, 5) is 0. The van der Waals surface area contributed by atoms with Crippen molar-refractivity contribution in [2.45, 2.75) is 6.10 Å². The normalized spacial score (nSPS) is 12.1. The summed E-state index contributed by atoms with van der Waals surface area (Å²) in [6.07, 6.45) is -0.692. The van der Waals surface area contributed by atoms with Gasteiger partial charge in [0.05, 0.1) is 12.3 Å². The molecule has 2 aromatic carbocycles. The molecule has 1 unspecified atom stereocenters. The Morgan fingerprint density at radius 3 is 2.15 bits per heavy atom. The van der Waals surface area contributed by atoms with Gasteiger partial charge in [-0.15, -0.1) is 0 Å². The van der Waals surface area contributed by atoms with Crippen LogP contribution in [0.3, 0.4) is 0 Å². The molecule has 2 aromatic rings. The lowest BCUT2D eigenvalue weighted by molar-refractivity contribution is 0.118. The SMILES string of the molecule is Nc1ccc(OC(CO)c2c(N)cccc2N)c(N)c1. The van der Waals surface area contributed by atoms with Crippen LogP contribution in [-0.2, 0) is 0 Å². The van der Waals surface area contributed by atoms with Gasteiger partial charge in [-0.25, -0.2) is 0 Å². The van der Waals surface area contributed by atoms with E-state index in [1.165, 1.54) is 0 Å². The average molecular weight is 274 g/mol. The molecule has 0 aromatic heterocycles. The van der Waals surface area contributed by atoms with E-state index in [9.17, 15) is 5.11 Å². The fraction of sp³-hybridized carbons (Fsp3) is 0.143. The first-order valence-corrected chi connectivity index (χ1v) is 6.09. The molecule has 9 N–H and O–H groups in total. The smallest absolute Gasteiger partial charge is 0.151 e. The molecule has 0 bridgehead atoms. The van der Waals surface area contributed by atoms with E-state index < -0.39 is 6.10 Å². The topological polar surface area (TPSA) is 134 Å². The first-order chi connectivity index (χ1) is 9.52. The van der Waals surface area contributed by atoms with E-state index in [2.05, 4.69) is 0 Å². The van der Waals surface area contributed by atoms with Gasteiger partial charge in [0.2, 0.25) is 0 Å². The second-order valence-corrected chi connectivity index (χ2v) is 4.44. The van der Waals surface area contributed by atoms with Gasteiger partial charge in [-0.05, 0) is 30.3 Å². The van der Waals surface area contributed by atoms with Crippen LogP contribution in [0, 0.1) is 0 Å². The Kier molecular flexibility index (Phi) is 3.86. The van der Waals surface area contributed by atoms with E-state index in [1.807, 2.05) is 0 Å². The Balaban J connectivity index is 2.34. The number of hydrogen-bond donors (Lipinski definition) is 5. The maximum absolute atomic E-state index is 9.53. The molecule has 0 radical (unpaired) electrons. The summed E-state index contributed by atoms with van der Waals surface area (Å²) in [7, 11) is 0. The molecule has 6 nitrogen and oxygen atoms in total. The van der Waals surface area contributed by atoms with Crippen molar-refractivity contribution in [2.75, 3.05) is 29.5 Å². The van der Waals surface area contributed by atoms with Gasteiger partial charge in [-0.1, -0.05) is 6.07 Å². The minimum Gasteiger partial charge on any atom is -0.481 e. The zero-order valence-corrected chi connectivity index (χ0v) is 10.9. The molecule has 0 spiro atoms. The van der Waals surface area contributed by atoms with Crippen LogP contribution >= 0.6 is 0 Å². The monoisotopic (exact) mass is 274 g/mol. The molecule has 106 valence electrons. The van der Waals surface area contributed by atoms with Gasteiger partial charge in [0.1, 0.15) is 5.75 Å². The Morgan fingerprint density at radius 2 is 1.60 bits per heavy atom. The van der Waals surface area contributed by atoms with Gasteiger partial charge in [0, 0.05) is 22.6 Å². The molecule has 2 rings (SSSR count). The van der Waals surface area contributed by atoms with Crippen LogP contribution in [0.15, 0.2) is 36.4 Å². The molecule has 0 saturated carbocycles. The minimum atomic E-state index is -0.692. The summed E-state index contributed by atoms with van der Waals surface area (Å²) in [6, 6.07) is 10.0. The quantitative estimate of drug-likeness (QED) is 0.530. The predicted octanol–water partition coefficient (Wildman–Crippen LogP) is 1.13. The molecule has 0 amide bonds. The van der Waals surface area contributed by atoms with E-state index in [-0.39, 0.29) is 6.61 Å². The second-order valence-electron chi connectivity index (χ2n) is 4.44. The van der Waals surface area contributed by atoms with Crippen LogP contribution in [-0.4, -0.2) is 11.7 Å². The highest BCUT2D eigenvalue weighted by Crippen LogP contribution is 2.33. The zero-order chi connectivity index (χ0) is 14.7. The fourth-order valence-corrected chi connectivity index (χ4v) is 1.99. The largest absolute Gasteiger partial charge is 0.481 e. The lowest BCUT2D eigenvalue weighted by atomic mass is 10.1. The number of hydrogen-bond acceptors (Lipinski definition) is 6. The highest BCUT2D eigenvalue weighted by Gasteiger charge is 2.19. The third-order valence-electron chi connectivity index (χ3n) is 2.96. The molecule has 0 fully saturated rings. The molecule has 0 heterocycles. The summed E-state index contributed by atoms with van der Waals surface area (Å²) >= 11 is 0. The maximum atomic E-state index is 9.53. The number of nitrogen functional groups attached to an aromatic ring is 4. The highest BCUT2D eigenvalue weighted by molar-refractivity contribution is 5.64. The first-order valence-electron chi connectivity index (χ1n) is 6.09. The predicted molar refractivity (Wildman–Crippen MR) is 81.0 cm³/mol. The van der Waals surface area contributed by atoms with E-state index in [0.29, 0.717) is 34.1 Å². The number of aliphatic hydroxyl groups is 1. The highest BCUT2D eigenvalue weighted by atomic mass is 16.5. The van der Waals surface area contributed by atoms with E-state index in [1.54, 1.807) is 36.4 Å². The number of anilines is 4. The van der Waals surface area contributed by atoms with Crippen molar-refractivity contribution >= 4 is 22.7 Å².